The number of aromatic nitrogens is 1. The van der Waals surface area contributed by atoms with Crippen molar-refractivity contribution >= 4 is 63.8 Å². The van der Waals surface area contributed by atoms with Gasteiger partial charge in [0.2, 0.25) is 0 Å². The van der Waals surface area contributed by atoms with Gasteiger partial charge in [-0.3, -0.25) is 14.7 Å². The van der Waals surface area contributed by atoms with Crippen molar-refractivity contribution in [3.63, 3.8) is 0 Å². The van der Waals surface area contributed by atoms with Crippen molar-refractivity contribution in [3.05, 3.63) is 63.7 Å². The summed E-state index contributed by atoms with van der Waals surface area (Å²) in [6.07, 6.45) is 1.95. The van der Waals surface area contributed by atoms with Crippen molar-refractivity contribution < 1.29 is 9.18 Å². The van der Waals surface area contributed by atoms with Gasteiger partial charge in [-0.05, 0) is 68.9 Å². The lowest BCUT2D eigenvalue weighted by atomic mass is 10.1. The summed E-state index contributed by atoms with van der Waals surface area (Å²) < 4.78 is 16.3. The summed E-state index contributed by atoms with van der Waals surface area (Å²) >= 11 is 7.73. The van der Waals surface area contributed by atoms with Gasteiger partial charge >= 0.3 is 0 Å². The number of hydrogen-bond acceptors (Lipinski definition) is 4. The molecule has 0 amide bonds. The zero-order valence-electron chi connectivity index (χ0n) is 16.8. The number of fused-ring (bicyclic) bond motifs is 1. The van der Waals surface area contributed by atoms with Gasteiger partial charge in [-0.15, -0.1) is 24.8 Å². The van der Waals surface area contributed by atoms with Crippen molar-refractivity contribution in [2.24, 2.45) is 4.99 Å². The zero-order valence-corrected chi connectivity index (χ0v) is 20.0. The Bertz CT molecular complexity index is 1030. The first-order chi connectivity index (χ1) is 13.5. The number of nitrogens with zero attached hydrogens (tertiary/aromatic N) is 3. The van der Waals surface area contributed by atoms with E-state index in [0.717, 1.165) is 46.0 Å². The van der Waals surface area contributed by atoms with E-state index in [2.05, 4.69) is 9.56 Å². The quantitative estimate of drug-likeness (QED) is 0.309. The second-order valence-electron chi connectivity index (χ2n) is 6.75. The molecule has 4 nitrogen and oxygen atoms in total. The van der Waals surface area contributed by atoms with E-state index in [4.69, 9.17) is 11.6 Å². The summed E-state index contributed by atoms with van der Waals surface area (Å²) in [6.45, 7) is 2.02. The number of Topliss-reactive ketones (excluding diaryl/α,β-unsaturated/α-hetero) is 1. The van der Waals surface area contributed by atoms with Gasteiger partial charge in [0, 0.05) is 24.2 Å². The highest BCUT2D eigenvalue weighted by atomic mass is 35.5. The van der Waals surface area contributed by atoms with Crippen molar-refractivity contribution in [2.75, 3.05) is 27.2 Å². The Kier molecular flexibility index (Phi) is 11.0. The molecule has 9 heteroatoms. The average molecular weight is 493 g/mol. The molecule has 2 aromatic carbocycles. The van der Waals surface area contributed by atoms with Gasteiger partial charge in [0.1, 0.15) is 5.82 Å². The highest BCUT2D eigenvalue weighted by molar-refractivity contribution is 7.16. The van der Waals surface area contributed by atoms with Gasteiger partial charge < -0.3 is 4.57 Å². The number of benzene rings is 2. The molecule has 0 aliphatic rings. The number of rotatable bonds is 8. The van der Waals surface area contributed by atoms with Gasteiger partial charge in [-0.2, -0.15) is 0 Å². The van der Waals surface area contributed by atoms with E-state index in [9.17, 15) is 9.18 Å². The van der Waals surface area contributed by atoms with Crippen LogP contribution in [-0.4, -0.2) is 42.4 Å². The predicted molar refractivity (Wildman–Crippen MR) is 128 cm³/mol. The van der Waals surface area contributed by atoms with Gasteiger partial charge in [0.05, 0.1) is 16.8 Å². The van der Waals surface area contributed by atoms with E-state index >= 15 is 0 Å². The van der Waals surface area contributed by atoms with E-state index in [1.807, 2.05) is 30.1 Å². The van der Waals surface area contributed by atoms with Gasteiger partial charge in [-0.25, -0.2) is 4.39 Å². The minimum absolute atomic E-state index is 0. The lowest BCUT2D eigenvalue weighted by molar-refractivity contribution is 0.0945. The Hall–Kier alpha value is -1.44. The maximum Gasteiger partial charge on any atom is 0.185 e. The van der Waals surface area contributed by atoms with Gasteiger partial charge in [0.15, 0.2) is 10.6 Å². The highest BCUT2D eigenvalue weighted by Gasteiger charge is 2.10. The van der Waals surface area contributed by atoms with E-state index in [-0.39, 0.29) is 36.4 Å². The Morgan fingerprint density at radius 3 is 2.53 bits per heavy atom. The van der Waals surface area contributed by atoms with Crippen LogP contribution < -0.4 is 4.80 Å². The molecule has 0 atom stereocenters. The molecule has 0 saturated heterocycles. The van der Waals surface area contributed by atoms with E-state index in [0.29, 0.717) is 12.1 Å². The van der Waals surface area contributed by atoms with Crippen molar-refractivity contribution in [1.29, 1.82) is 0 Å². The number of thiazole rings is 1. The van der Waals surface area contributed by atoms with Crippen LogP contribution in [0.2, 0.25) is 5.02 Å². The predicted octanol–water partition coefficient (Wildman–Crippen LogP) is 5.46. The van der Waals surface area contributed by atoms with Crippen LogP contribution in [0.4, 0.5) is 4.39 Å². The molecule has 0 spiro atoms. The Morgan fingerprint density at radius 2 is 1.87 bits per heavy atom. The fraction of sp³-hybridized carbons (Fsp3) is 0.333. The molecule has 0 aliphatic carbocycles. The molecule has 3 rings (SSSR count). The first kappa shape index (κ1) is 26.6. The van der Waals surface area contributed by atoms with Crippen LogP contribution in [0.15, 0.2) is 47.5 Å². The molecule has 0 unspecified atom stereocenters. The summed E-state index contributed by atoms with van der Waals surface area (Å²) in [7, 11) is 3.74. The summed E-state index contributed by atoms with van der Waals surface area (Å²) in [5.74, 6) is -0.325. The number of unbranched alkanes of at least 4 members (excludes halogenated alkanes) is 1. The van der Waals surface area contributed by atoms with Crippen LogP contribution >= 0.6 is 47.8 Å². The lowest BCUT2D eigenvalue weighted by Gasteiger charge is -2.16. The number of hydrogen-bond donors (Lipinski definition) is 0. The van der Waals surface area contributed by atoms with Crippen molar-refractivity contribution in [2.45, 2.75) is 19.4 Å². The van der Waals surface area contributed by atoms with Crippen molar-refractivity contribution in [1.82, 2.24) is 9.47 Å². The molecule has 0 saturated carbocycles. The van der Waals surface area contributed by atoms with E-state index < -0.39 is 0 Å². The summed E-state index contributed by atoms with van der Waals surface area (Å²) in [4.78, 5) is 19.6. The Balaban J connectivity index is 0.00000225. The summed E-state index contributed by atoms with van der Waals surface area (Å²) in [5.41, 5.74) is 1.69. The minimum Gasteiger partial charge on any atom is -0.317 e. The molecule has 30 heavy (non-hydrogen) atoms. The third-order valence-electron chi connectivity index (χ3n) is 4.59. The molecule has 0 fully saturated rings. The number of aryl methyl sites for hydroxylation is 1. The Labute approximate surface area is 197 Å². The molecule has 0 radical (unpaired) electrons. The van der Waals surface area contributed by atoms with Crippen LogP contribution in [0.5, 0.6) is 0 Å². The van der Waals surface area contributed by atoms with E-state index in [1.54, 1.807) is 18.4 Å². The van der Waals surface area contributed by atoms with Crippen LogP contribution in [-0.2, 0) is 6.54 Å². The first-order valence-electron chi connectivity index (χ1n) is 9.17. The molecule has 1 aromatic heterocycles. The lowest BCUT2D eigenvalue weighted by Crippen LogP contribution is -2.27. The normalized spacial score (nSPS) is 11.4. The Morgan fingerprint density at radius 1 is 1.17 bits per heavy atom. The molecular weight excluding hydrogens is 468 g/mol. The fourth-order valence-corrected chi connectivity index (χ4v) is 4.43. The van der Waals surface area contributed by atoms with Gasteiger partial charge in [0.25, 0.3) is 0 Å². The fourth-order valence-electron chi connectivity index (χ4n) is 3.13. The second kappa shape index (κ2) is 12.4. The summed E-state index contributed by atoms with van der Waals surface area (Å²) in [5, 5.41) is 0.732. The summed E-state index contributed by atoms with van der Waals surface area (Å²) in [6, 6.07) is 11.6. The maximum atomic E-state index is 13.0. The third-order valence-corrected chi connectivity index (χ3v) is 5.95. The average Bonchev–Trinajstić information content (AvgIpc) is 3.02. The zero-order chi connectivity index (χ0) is 20.1. The molecule has 3 aromatic rings. The minimum atomic E-state index is -0.330. The highest BCUT2D eigenvalue weighted by Crippen LogP contribution is 2.22. The van der Waals surface area contributed by atoms with Gasteiger partial charge in [-0.1, -0.05) is 22.9 Å². The second-order valence-corrected chi connectivity index (χ2v) is 8.19. The SMILES string of the molecule is C/N=c1/sc2cc(Cl)ccc2n1CCCCN(C)CC(=O)c1ccc(F)cc1.Cl.Cl. The standard InChI is InChI=1S/C21H23ClFN3OS.2ClH/c1-24-21-26(18-10-7-16(22)13-20(18)28-21)12-4-3-11-25(2)14-19(27)15-5-8-17(23)9-6-15;;/h5-10,13H,3-4,11-12,14H2,1-2H3;2*1H/b24-21+;;. The molecule has 0 N–H and O–H groups in total. The van der Waals surface area contributed by atoms with Crippen LogP contribution in [0.1, 0.15) is 23.2 Å². The number of halogens is 4. The first-order valence-corrected chi connectivity index (χ1v) is 10.4. The number of carbonyl (C=O) groups is 1. The van der Waals surface area contributed by atoms with Crippen molar-refractivity contribution in [3.8, 4) is 0 Å². The topological polar surface area (TPSA) is 37.6 Å². The number of likely N-dealkylation sites (N-methyl/N-ethyl adjacent to an activating group) is 1. The van der Waals surface area contributed by atoms with E-state index in [1.165, 1.54) is 24.3 Å². The monoisotopic (exact) mass is 491 g/mol. The third kappa shape index (κ3) is 6.79. The largest absolute Gasteiger partial charge is 0.317 e. The number of ketones is 1. The molecule has 0 aliphatic heterocycles. The van der Waals surface area contributed by atoms with Crippen LogP contribution in [0.25, 0.3) is 10.2 Å². The van der Waals surface area contributed by atoms with Crippen LogP contribution in [0.3, 0.4) is 0 Å². The molecule has 1 heterocycles. The smallest absolute Gasteiger partial charge is 0.185 e. The maximum absolute atomic E-state index is 13.0. The number of carbonyl (C=O) groups excluding carboxylic acids is 1. The molecule has 164 valence electrons. The molecule has 0 bridgehead atoms. The van der Waals surface area contributed by atoms with Crippen LogP contribution in [0, 0.1) is 5.82 Å². The molecular formula is C21H25Cl3FN3OS.